The first-order valence-corrected chi connectivity index (χ1v) is 10.9. The highest BCUT2D eigenvalue weighted by atomic mass is 19.3. The first kappa shape index (κ1) is 21.4. The molecule has 8 heteroatoms. The van der Waals surface area contributed by atoms with E-state index in [1.54, 1.807) is 6.92 Å². The molecule has 5 rings (SSSR count). The molecule has 1 aromatic heterocycles. The Balaban J connectivity index is 1.50. The molecular formula is C25H24F3N5. The van der Waals surface area contributed by atoms with E-state index in [-0.39, 0.29) is 17.6 Å². The molecule has 1 aliphatic carbocycles. The zero-order valence-corrected chi connectivity index (χ0v) is 18.2. The summed E-state index contributed by atoms with van der Waals surface area (Å²) in [4.78, 5) is 15.5. The van der Waals surface area contributed by atoms with Gasteiger partial charge in [0.15, 0.2) is 0 Å². The summed E-state index contributed by atoms with van der Waals surface area (Å²) in [5.74, 6) is 0.515. The average molecular weight is 451 g/mol. The van der Waals surface area contributed by atoms with Crippen LogP contribution in [0.15, 0.2) is 47.7 Å². The molecule has 2 aromatic rings. The van der Waals surface area contributed by atoms with Crippen LogP contribution < -0.4 is 15.9 Å². The predicted molar refractivity (Wildman–Crippen MR) is 122 cm³/mol. The molecule has 0 saturated heterocycles. The Morgan fingerprint density at radius 2 is 2.09 bits per heavy atom. The Morgan fingerprint density at radius 3 is 2.79 bits per heavy atom. The second-order valence-corrected chi connectivity index (χ2v) is 8.65. The van der Waals surface area contributed by atoms with E-state index in [4.69, 9.17) is 0 Å². The van der Waals surface area contributed by atoms with Crippen molar-refractivity contribution < 1.29 is 13.2 Å². The molecule has 1 atom stereocenters. The fourth-order valence-electron chi connectivity index (χ4n) is 4.70. The van der Waals surface area contributed by atoms with E-state index in [2.05, 4.69) is 37.8 Å². The molecule has 1 fully saturated rings. The number of nitrogens with one attached hydrogen (secondary N) is 1. The number of allylic oxidation sites excluding steroid dienone is 1. The van der Waals surface area contributed by atoms with E-state index in [0.29, 0.717) is 17.6 Å². The van der Waals surface area contributed by atoms with Crippen LogP contribution in [-0.2, 0) is 6.54 Å². The molecule has 2 aliphatic heterocycles. The van der Waals surface area contributed by atoms with Gasteiger partial charge >= 0.3 is 0 Å². The molecule has 0 spiro atoms. The lowest BCUT2D eigenvalue weighted by Crippen LogP contribution is -2.46. The van der Waals surface area contributed by atoms with Gasteiger partial charge in [-0.05, 0) is 32.3 Å². The number of aryl methyl sites for hydroxylation is 1. The summed E-state index contributed by atoms with van der Waals surface area (Å²) < 4.78 is 40.7. The lowest BCUT2D eigenvalue weighted by Gasteiger charge is -2.37. The second kappa shape index (κ2) is 8.17. The molecule has 170 valence electrons. The molecule has 1 unspecified atom stereocenters. The topological polar surface area (TPSA) is 53.4 Å². The Hall–Kier alpha value is -3.42. The number of aliphatic imine (C=N–C) groups is 1. The number of benzene rings is 1. The molecule has 0 amide bonds. The summed E-state index contributed by atoms with van der Waals surface area (Å²) in [6, 6.07) is 4.03. The minimum atomic E-state index is -2.87. The van der Waals surface area contributed by atoms with Crippen molar-refractivity contribution >= 4 is 24.3 Å². The minimum absolute atomic E-state index is 0.0248. The largest absolute Gasteiger partial charge is 0.365 e. The molecule has 3 heterocycles. The summed E-state index contributed by atoms with van der Waals surface area (Å²) in [5, 5.41) is 4.65. The van der Waals surface area contributed by atoms with Crippen molar-refractivity contribution in [2.45, 2.75) is 44.7 Å². The maximum atomic E-state index is 14.5. The van der Waals surface area contributed by atoms with Crippen LogP contribution in [-0.4, -0.2) is 26.6 Å². The van der Waals surface area contributed by atoms with Gasteiger partial charge in [-0.25, -0.2) is 23.1 Å². The van der Waals surface area contributed by atoms with Crippen LogP contribution in [0.5, 0.6) is 0 Å². The Bertz CT molecular complexity index is 1290. The third kappa shape index (κ3) is 3.83. The van der Waals surface area contributed by atoms with Gasteiger partial charge < -0.3 is 10.2 Å². The van der Waals surface area contributed by atoms with Crippen LogP contribution in [0, 0.1) is 18.7 Å². The number of alkyl halides is 2. The van der Waals surface area contributed by atoms with Gasteiger partial charge in [0.05, 0.1) is 21.7 Å². The Morgan fingerprint density at radius 1 is 1.27 bits per heavy atom. The van der Waals surface area contributed by atoms with E-state index in [9.17, 15) is 13.2 Å². The first-order valence-electron chi connectivity index (χ1n) is 10.9. The summed E-state index contributed by atoms with van der Waals surface area (Å²) in [6.45, 7) is 6.07. The molecule has 0 radical (unpaired) electrons. The number of hydrogen-bond acceptors (Lipinski definition) is 5. The van der Waals surface area contributed by atoms with Crippen molar-refractivity contribution in [2.75, 3.05) is 5.32 Å². The van der Waals surface area contributed by atoms with E-state index in [1.807, 2.05) is 24.7 Å². The van der Waals surface area contributed by atoms with E-state index in [1.165, 1.54) is 12.1 Å². The van der Waals surface area contributed by atoms with Crippen LogP contribution in [0.25, 0.3) is 12.3 Å². The van der Waals surface area contributed by atoms with Gasteiger partial charge in [-0.2, -0.15) is 0 Å². The molecule has 3 aliphatic rings. The molecule has 5 nitrogen and oxygen atoms in total. The SMILES string of the molecule is C=C1C=c2nc(C)nc(NCc3cccc(C(F)F)c3F)c2=CN1C1(C2C=CN=CC2)CC1. The van der Waals surface area contributed by atoms with Gasteiger partial charge in [-0.15, -0.1) is 0 Å². The zero-order chi connectivity index (χ0) is 23.2. The van der Waals surface area contributed by atoms with Gasteiger partial charge in [0.25, 0.3) is 6.43 Å². The standard InChI is InChI=1S/C25H24F3N5/c1-15-12-21-20(14-33(15)25(8-9-25)18-6-10-29-11-7-18)24(32-16(2)31-21)30-13-17-4-3-5-19(22(17)26)23(27)28/h3-6,10-12,14,18,23H,1,7-9,13H2,2H3,(H,30,31,32). The van der Waals surface area contributed by atoms with Crippen LogP contribution in [0.3, 0.4) is 0 Å². The van der Waals surface area contributed by atoms with Crippen molar-refractivity contribution in [1.29, 1.82) is 0 Å². The molecule has 1 N–H and O–H groups in total. The van der Waals surface area contributed by atoms with Gasteiger partial charge in [-0.1, -0.05) is 30.9 Å². The highest BCUT2D eigenvalue weighted by Crippen LogP contribution is 2.52. The molecule has 0 bridgehead atoms. The second-order valence-electron chi connectivity index (χ2n) is 8.65. The van der Waals surface area contributed by atoms with Crippen LogP contribution in [0.4, 0.5) is 19.0 Å². The third-order valence-electron chi connectivity index (χ3n) is 6.55. The van der Waals surface area contributed by atoms with Crippen molar-refractivity contribution in [2.24, 2.45) is 10.9 Å². The number of nitrogens with zero attached hydrogens (tertiary/aromatic N) is 4. The van der Waals surface area contributed by atoms with Crippen LogP contribution >= 0.6 is 0 Å². The molecule has 1 saturated carbocycles. The van der Waals surface area contributed by atoms with Crippen molar-refractivity contribution in [3.8, 4) is 0 Å². The van der Waals surface area contributed by atoms with E-state index < -0.39 is 17.8 Å². The fraction of sp³-hybridized carbons (Fsp3) is 0.320. The average Bonchev–Trinajstić information content (AvgIpc) is 3.60. The van der Waals surface area contributed by atoms with Crippen LogP contribution in [0.2, 0.25) is 0 Å². The number of anilines is 1. The van der Waals surface area contributed by atoms with Gasteiger partial charge in [0.1, 0.15) is 17.5 Å². The summed E-state index contributed by atoms with van der Waals surface area (Å²) in [5.41, 5.74) is 0.353. The number of fused-ring (bicyclic) bond motifs is 1. The quantitative estimate of drug-likeness (QED) is 0.723. The summed E-state index contributed by atoms with van der Waals surface area (Å²) in [6.07, 6.45) is 9.97. The predicted octanol–water partition coefficient (Wildman–Crippen LogP) is 3.96. The molecular weight excluding hydrogens is 427 g/mol. The van der Waals surface area contributed by atoms with Crippen LogP contribution in [0.1, 0.15) is 42.6 Å². The third-order valence-corrected chi connectivity index (χ3v) is 6.55. The van der Waals surface area contributed by atoms with E-state index >= 15 is 0 Å². The smallest absolute Gasteiger partial charge is 0.266 e. The molecule has 1 aromatic carbocycles. The highest BCUT2D eigenvalue weighted by Gasteiger charge is 2.53. The first-order chi connectivity index (χ1) is 15.9. The maximum absolute atomic E-state index is 14.5. The number of rotatable bonds is 6. The van der Waals surface area contributed by atoms with Gasteiger partial charge in [-0.3, -0.25) is 4.99 Å². The Kier molecular flexibility index (Phi) is 5.31. The lowest BCUT2D eigenvalue weighted by molar-refractivity contribution is 0.146. The monoisotopic (exact) mass is 451 g/mol. The van der Waals surface area contributed by atoms with Crippen molar-refractivity contribution in [3.63, 3.8) is 0 Å². The van der Waals surface area contributed by atoms with Gasteiger partial charge in [0, 0.05) is 42.3 Å². The normalized spacial score (nSPS) is 20.3. The van der Waals surface area contributed by atoms with Crippen molar-refractivity contribution in [3.05, 3.63) is 76.1 Å². The number of hydrogen-bond donors (Lipinski definition) is 1. The lowest BCUT2D eigenvalue weighted by atomic mass is 9.90. The maximum Gasteiger partial charge on any atom is 0.266 e. The minimum Gasteiger partial charge on any atom is -0.365 e. The van der Waals surface area contributed by atoms with Crippen molar-refractivity contribution in [1.82, 2.24) is 14.9 Å². The Labute approximate surface area is 189 Å². The number of aromatic nitrogens is 2. The number of halogens is 3. The summed E-state index contributed by atoms with van der Waals surface area (Å²) in [7, 11) is 0. The molecule has 33 heavy (non-hydrogen) atoms. The fourth-order valence-corrected chi connectivity index (χ4v) is 4.70. The zero-order valence-electron chi connectivity index (χ0n) is 18.2. The highest BCUT2D eigenvalue weighted by molar-refractivity contribution is 5.62. The van der Waals surface area contributed by atoms with E-state index in [0.717, 1.165) is 41.6 Å². The summed E-state index contributed by atoms with van der Waals surface area (Å²) >= 11 is 0. The van der Waals surface area contributed by atoms with Gasteiger partial charge in [0.2, 0.25) is 0 Å².